The standard InChI is InChI=1S/C23H27BN2O5S2/c27-23(26-22(24(28)29)12-17-7-4-8-17)18(11-16-5-2-1-3-6-16)14-33(30,31)19-9-10-20-21(13-19)32-15-25-20/h1-3,5-6,9-10,13,15,17-18,22,28-29H,4,7-8,11-12,14H2,(H,26,27)/t18-,22+/m1/s1. The number of carbonyl (C=O) groups excluding carboxylic acids is 1. The lowest BCUT2D eigenvalue weighted by molar-refractivity contribution is -0.124. The summed E-state index contributed by atoms with van der Waals surface area (Å²) in [5, 5.41) is 22.3. The highest BCUT2D eigenvalue weighted by molar-refractivity contribution is 7.91. The molecule has 2 aromatic carbocycles. The van der Waals surface area contributed by atoms with Gasteiger partial charge in [0, 0.05) is 0 Å². The molecule has 0 bridgehead atoms. The number of thiazole rings is 1. The molecule has 3 N–H and O–H groups in total. The molecule has 0 saturated heterocycles. The van der Waals surface area contributed by atoms with Crippen LogP contribution in [0.1, 0.15) is 31.2 Å². The number of hydrogen-bond donors (Lipinski definition) is 3. The van der Waals surface area contributed by atoms with Crippen molar-refractivity contribution in [3.63, 3.8) is 0 Å². The summed E-state index contributed by atoms with van der Waals surface area (Å²) < 4.78 is 27.3. The number of nitrogens with one attached hydrogen (secondary N) is 1. The molecule has 3 aromatic rings. The maximum absolute atomic E-state index is 13.3. The van der Waals surface area contributed by atoms with Crippen molar-refractivity contribution in [1.29, 1.82) is 0 Å². The highest BCUT2D eigenvalue weighted by atomic mass is 32.2. The Balaban J connectivity index is 1.55. The van der Waals surface area contributed by atoms with Gasteiger partial charge in [0.2, 0.25) is 5.91 Å². The summed E-state index contributed by atoms with van der Waals surface area (Å²) in [6.45, 7) is 0. The zero-order chi connectivity index (χ0) is 23.4. The summed E-state index contributed by atoms with van der Waals surface area (Å²) in [7, 11) is -5.47. The van der Waals surface area contributed by atoms with Crippen LogP contribution in [0, 0.1) is 11.8 Å². The number of carbonyl (C=O) groups is 1. The van der Waals surface area contributed by atoms with Gasteiger partial charge in [0.25, 0.3) is 0 Å². The lowest BCUT2D eigenvalue weighted by atomic mass is 9.69. The van der Waals surface area contributed by atoms with Gasteiger partial charge < -0.3 is 15.4 Å². The number of hydrogen-bond acceptors (Lipinski definition) is 7. The van der Waals surface area contributed by atoms with E-state index in [0.717, 1.165) is 35.0 Å². The van der Waals surface area contributed by atoms with Crippen molar-refractivity contribution in [2.45, 2.75) is 42.9 Å². The van der Waals surface area contributed by atoms with E-state index in [2.05, 4.69) is 10.3 Å². The van der Waals surface area contributed by atoms with Gasteiger partial charge in [0.05, 0.1) is 38.2 Å². The largest absolute Gasteiger partial charge is 0.475 e. The summed E-state index contributed by atoms with van der Waals surface area (Å²) in [6.07, 6.45) is 3.80. The van der Waals surface area contributed by atoms with Crippen LogP contribution in [0.5, 0.6) is 0 Å². The Labute approximate surface area is 197 Å². The van der Waals surface area contributed by atoms with Gasteiger partial charge >= 0.3 is 7.12 Å². The molecule has 1 aliphatic carbocycles. The molecule has 174 valence electrons. The second kappa shape index (κ2) is 10.3. The monoisotopic (exact) mass is 486 g/mol. The average molecular weight is 486 g/mol. The molecular weight excluding hydrogens is 459 g/mol. The SMILES string of the molecule is O=C(N[C@@H](CC1CCC1)B(O)O)[C@H](Cc1ccccc1)CS(=O)(=O)c1ccc2ncsc2c1. The van der Waals surface area contributed by atoms with Crippen molar-refractivity contribution in [2.75, 3.05) is 5.75 Å². The van der Waals surface area contributed by atoms with Gasteiger partial charge in [0.1, 0.15) is 0 Å². The number of nitrogens with zero attached hydrogens (tertiary/aromatic N) is 1. The fourth-order valence-corrected chi connectivity index (χ4v) is 6.51. The molecule has 0 aliphatic heterocycles. The van der Waals surface area contributed by atoms with Crippen molar-refractivity contribution in [1.82, 2.24) is 10.3 Å². The Morgan fingerprint density at radius 3 is 2.61 bits per heavy atom. The van der Waals surface area contributed by atoms with Crippen LogP contribution >= 0.6 is 11.3 Å². The number of rotatable bonds is 10. The first kappa shape index (κ1) is 23.9. The van der Waals surface area contributed by atoms with Crippen molar-refractivity contribution in [2.24, 2.45) is 11.8 Å². The van der Waals surface area contributed by atoms with E-state index >= 15 is 0 Å². The molecule has 0 radical (unpaired) electrons. The van der Waals surface area contributed by atoms with Gasteiger partial charge in [-0.2, -0.15) is 0 Å². The van der Waals surface area contributed by atoms with E-state index in [1.807, 2.05) is 30.3 Å². The van der Waals surface area contributed by atoms with E-state index in [1.165, 1.54) is 17.4 Å². The molecule has 1 amide bonds. The predicted molar refractivity (Wildman–Crippen MR) is 129 cm³/mol. The van der Waals surface area contributed by atoms with Gasteiger partial charge in [-0.3, -0.25) is 4.79 Å². The first-order valence-corrected chi connectivity index (χ1v) is 13.6. The molecule has 0 unspecified atom stereocenters. The van der Waals surface area contributed by atoms with E-state index in [-0.39, 0.29) is 17.1 Å². The minimum Gasteiger partial charge on any atom is -0.426 e. The van der Waals surface area contributed by atoms with Crippen LogP contribution < -0.4 is 5.32 Å². The highest BCUT2D eigenvalue weighted by Gasteiger charge is 2.34. The summed E-state index contributed by atoms with van der Waals surface area (Å²) in [4.78, 5) is 17.6. The van der Waals surface area contributed by atoms with Crippen LogP contribution in [0.15, 0.2) is 58.9 Å². The van der Waals surface area contributed by atoms with Crippen LogP contribution in [-0.4, -0.2) is 48.2 Å². The van der Waals surface area contributed by atoms with E-state index < -0.39 is 34.7 Å². The number of fused-ring (bicyclic) bond motifs is 1. The first-order valence-electron chi connectivity index (χ1n) is 11.1. The smallest absolute Gasteiger partial charge is 0.426 e. The van der Waals surface area contributed by atoms with Gasteiger partial charge in [-0.15, -0.1) is 11.3 Å². The summed E-state index contributed by atoms with van der Waals surface area (Å²) >= 11 is 1.36. The molecule has 7 nitrogen and oxygen atoms in total. The zero-order valence-corrected chi connectivity index (χ0v) is 19.8. The molecular formula is C23H27BN2O5S2. The van der Waals surface area contributed by atoms with Crippen molar-refractivity contribution >= 4 is 44.4 Å². The lowest BCUT2D eigenvalue weighted by Gasteiger charge is -2.30. The van der Waals surface area contributed by atoms with Crippen molar-refractivity contribution in [3.05, 3.63) is 59.6 Å². The summed E-state index contributed by atoms with van der Waals surface area (Å²) in [6, 6.07) is 14.0. The number of sulfone groups is 1. The topological polar surface area (TPSA) is 117 Å². The van der Waals surface area contributed by atoms with Crippen LogP contribution in [0.3, 0.4) is 0 Å². The summed E-state index contributed by atoms with van der Waals surface area (Å²) in [5.74, 6) is -2.22. The molecule has 0 spiro atoms. The quantitative estimate of drug-likeness (QED) is 0.380. The molecule has 2 atom stereocenters. The van der Waals surface area contributed by atoms with Crippen LogP contribution in [-0.2, 0) is 21.1 Å². The number of benzene rings is 2. The second-order valence-corrected chi connectivity index (χ2v) is 11.6. The fraction of sp³-hybridized carbons (Fsp3) is 0.391. The van der Waals surface area contributed by atoms with Gasteiger partial charge in [-0.05, 0) is 42.5 Å². The van der Waals surface area contributed by atoms with Crippen LogP contribution in [0.4, 0.5) is 0 Å². The van der Waals surface area contributed by atoms with Crippen molar-refractivity contribution < 1.29 is 23.3 Å². The Hall–Kier alpha value is -2.27. The van der Waals surface area contributed by atoms with E-state index in [4.69, 9.17) is 0 Å². The van der Waals surface area contributed by atoms with Crippen molar-refractivity contribution in [3.8, 4) is 0 Å². The third-order valence-corrected chi connectivity index (χ3v) is 8.88. The molecule has 1 aromatic heterocycles. The highest BCUT2D eigenvalue weighted by Crippen LogP contribution is 2.31. The van der Waals surface area contributed by atoms with E-state index in [9.17, 15) is 23.3 Å². The maximum atomic E-state index is 13.3. The molecule has 1 heterocycles. The number of amides is 1. The molecule has 1 fully saturated rings. The Morgan fingerprint density at radius 2 is 1.94 bits per heavy atom. The molecule has 10 heteroatoms. The second-order valence-electron chi connectivity index (χ2n) is 8.71. The summed E-state index contributed by atoms with van der Waals surface area (Å²) in [5.41, 5.74) is 3.23. The molecule has 4 rings (SSSR count). The molecule has 33 heavy (non-hydrogen) atoms. The van der Waals surface area contributed by atoms with Crippen LogP contribution in [0.25, 0.3) is 10.2 Å². The minimum atomic E-state index is -3.77. The molecule has 1 saturated carbocycles. The fourth-order valence-electron chi connectivity index (χ4n) is 4.16. The molecule has 1 aliphatic rings. The third kappa shape index (κ3) is 6.00. The Kier molecular flexibility index (Phi) is 7.48. The first-order chi connectivity index (χ1) is 15.8. The zero-order valence-electron chi connectivity index (χ0n) is 18.1. The van der Waals surface area contributed by atoms with Crippen LogP contribution in [0.2, 0.25) is 0 Å². The van der Waals surface area contributed by atoms with Gasteiger partial charge in [-0.25, -0.2) is 13.4 Å². The van der Waals surface area contributed by atoms with Gasteiger partial charge in [-0.1, -0.05) is 49.6 Å². The Morgan fingerprint density at radius 1 is 1.18 bits per heavy atom. The lowest BCUT2D eigenvalue weighted by Crippen LogP contribution is -2.50. The number of aromatic nitrogens is 1. The average Bonchev–Trinajstić information content (AvgIpc) is 3.23. The van der Waals surface area contributed by atoms with Gasteiger partial charge in [0.15, 0.2) is 9.84 Å². The predicted octanol–water partition coefficient (Wildman–Crippen LogP) is 2.62. The minimum absolute atomic E-state index is 0.151. The van der Waals surface area contributed by atoms with E-state index in [0.29, 0.717) is 12.3 Å². The Bertz CT molecular complexity index is 1200. The third-order valence-electron chi connectivity index (χ3n) is 6.28. The maximum Gasteiger partial charge on any atom is 0.475 e. The van der Waals surface area contributed by atoms with E-state index in [1.54, 1.807) is 17.6 Å². The normalized spacial score (nSPS) is 16.2.